The van der Waals surface area contributed by atoms with Gasteiger partial charge in [0.25, 0.3) is 0 Å². The van der Waals surface area contributed by atoms with Crippen LogP contribution in [0.4, 0.5) is 0 Å². The van der Waals surface area contributed by atoms with Crippen LogP contribution in [0.25, 0.3) is 0 Å². The average molecular weight is 1890 g/mol. The van der Waals surface area contributed by atoms with E-state index < -0.39 is 177 Å². The summed E-state index contributed by atoms with van der Waals surface area (Å²) in [7, 11) is 12.8. The summed E-state index contributed by atoms with van der Waals surface area (Å²) in [6, 6.07) is 19.1. The molecule has 6 aliphatic heterocycles. The van der Waals surface area contributed by atoms with Gasteiger partial charge < -0.3 is 149 Å². The lowest BCUT2D eigenvalue weighted by Crippen LogP contribution is -2.65. The van der Waals surface area contributed by atoms with E-state index in [4.69, 9.17) is 66.3 Å². The SMILES string of the molecule is C.CNC(=O)CCS.CNC(=O)CCS.CNC(=O)CCSSCCOC(=O)C(C)CC(c1ccc(C2OC[C@H]3O[C@H](O[C@H]4O[C@H](CO)[C@@H](O)[C@H](O)[C@H]4O)[C@H](O)[C@@H](O)[C@@H]3O2)cc1)C(C)(C)C#N.CNC(=O)CCSSCCOCCOCCOC(=O)C(C)CC(c1ccc(C2OC[C@H]3O[C@H](O[C@H]4O[C@H](CO)[C@@H](O)[C@H](O)[C@H]4O)[C@H](O)[C@@H](O)[C@@H]3O2)cc1)C(C)(C)C#N. The summed E-state index contributed by atoms with van der Waals surface area (Å²) in [5.74, 6) is 1.66. The fraction of sp³-hybridized carbons (Fsp3) is 0.753. The number of carbonyl (C=O) groups is 6. The van der Waals surface area contributed by atoms with Gasteiger partial charge in [0.15, 0.2) is 37.7 Å². The van der Waals surface area contributed by atoms with Gasteiger partial charge >= 0.3 is 11.9 Å². The van der Waals surface area contributed by atoms with Crippen LogP contribution in [-0.2, 0) is 95.1 Å². The molecule has 16 N–H and O–H groups in total. The summed E-state index contributed by atoms with van der Waals surface area (Å²) in [6.07, 6.45) is -28.5. The van der Waals surface area contributed by atoms with Crippen LogP contribution in [0.15, 0.2) is 48.5 Å². The van der Waals surface area contributed by atoms with Crippen molar-refractivity contribution in [3.63, 3.8) is 0 Å². The largest absolute Gasteiger partial charge is 0.465 e. The molecule has 38 nitrogen and oxygen atoms in total. The van der Waals surface area contributed by atoms with Crippen molar-refractivity contribution in [3.05, 3.63) is 70.8 Å². The number of ether oxygens (including phenoxy) is 14. The zero-order valence-corrected chi connectivity index (χ0v) is 76.2. The van der Waals surface area contributed by atoms with Crippen LogP contribution < -0.4 is 21.3 Å². The van der Waals surface area contributed by atoms with E-state index in [1.165, 1.54) is 21.6 Å². The van der Waals surface area contributed by atoms with E-state index in [2.05, 4.69) is 58.7 Å². The first-order chi connectivity index (χ1) is 59.0. The number of benzene rings is 2. The van der Waals surface area contributed by atoms with Gasteiger partial charge in [-0.2, -0.15) is 35.8 Å². The summed E-state index contributed by atoms with van der Waals surface area (Å²) in [5, 5.41) is 154. The third-order valence-electron chi connectivity index (χ3n) is 20.8. The number of thiol groups is 2. The number of nitrogens with zero attached hydrogens (tertiary/aromatic N) is 2. The number of carbonyl (C=O) groups excluding carboxylic acids is 6. The summed E-state index contributed by atoms with van der Waals surface area (Å²) in [4.78, 5) is 68.8. The molecule has 0 bridgehead atoms. The van der Waals surface area contributed by atoms with Gasteiger partial charge in [-0.1, -0.05) is 113 Å². The molecule has 26 atom stereocenters. The fourth-order valence-corrected chi connectivity index (χ4v) is 17.2. The Kier molecular flexibility index (Phi) is 52.6. The number of aliphatic hydroxyl groups excluding tert-OH is 12. The Labute approximate surface area is 756 Å². The Morgan fingerprint density at radius 3 is 1.11 bits per heavy atom. The summed E-state index contributed by atoms with van der Waals surface area (Å²) in [5.41, 5.74) is 1.12. The number of amides is 4. The quantitative estimate of drug-likeness (QED) is 0.0190. The highest BCUT2D eigenvalue weighted by atomic mass is 33.1. The molecule has 6 aliphatic rings. The zero-order chi connectivity index (χ0) is 92.0. The third kappa shape index (κ3) is 35.5. The normalized spacial score (nSPS) is 29.2. The predicted molar refractivity (Wildman–Crippen MR) is 465 cm³/mol. The van der Waals surface area contributed by atoms with Crippen LogP contribution in [0.2, 0.25) is 0 Å². The molecule has 0 radical (unpaired) electrons. The number of nitrogens with one attached hydrogen (secondary N) is 4. The molecule has 44 heteroatoms. The Hall–Kier alpha value is -4.62. The Morgan fingerprint density at radius 1 is 0.448 bits per heavy atom. The maximum absolute atomic E-state index is 12.9. The number of aliphatic hydroxyl groups is 12. The molecule has 6 fully saturated rings. The van der Waals surface area contributed by atoms with Gasteiger partial charge in [-0.3, -0.25) is 28.8 Å². The molecule has 4 amide bonds. The second kappa shape index (κ2) is 58.3. The van der Waals surface area contributed by atoms with Crippen LogP contribution in [0.5, 0.6) is 0 Å². The molecule has 712 valence electrons. The Bertz CT molecular complexity index is 3550. The van der Waals surface area contributed by atoms with E-state index in [-0.39, 0.29) is 81.9 Å². The second-order valence-electron chi connectivity index (χ2n) is 30.6. The van der Waals surface area contributed by atoms with E-state index in [1.54, 1.807) is 87.9 Å². The van der Waals surface area contributed by atoms with Gasteiger partial charge in [0, 0.05) is 99.8 Å². The number of esters is 2. The third-order valence-corrected chi connectivity index (χ3v) is 26.0. The average Bonchev–Trinajstić information content (AvgIpc) is 0.777. The van der Waals surface area contributed by atoms with Gasteiger partial charge in [-0.25, -0.2) is 0 Å². The summed E-state index contributed by atoms with van der Waals surface area (Å²) >= 11 is 7.71. The molecule has 6 unspecified atom stereocenters. The minimum absolute atomic E-state index is 0. The van der Waals surface area contributed by atoms with Crippen LogP contribution in [0.1, 0.15) is 134 Å². The smallest absolute Gasteiger partial charge is 0.308 e. The first kappa shape index (κ1) is 113. The lowest BCUT2D eigenvalue weighted by atomic mass is 9.72. The topological polar surface area (TPSA) is 570 Å². The fourth-order valence-electron chi connectivity index (χ4n) is 13.1. The monoisotopic (exact) mass is 1890 g/mol. The molecular formula is C81H130N6O32S6. The highest BCUT2D eigenvalue weighted by molar-refractivity contribution is 8.77. The summed E-state index contributed by atoms with van der Waals surface area (Å²) < 4.78 is 79.2. The van der Waals surface area contributed by atoms with Crippen molar-refractivity contribution < 1.29 is 156 Å². The van der Waals surface area contributed by atoms with Crippen molar-refractivity contribution in [1.29, 1.82) is 10.5 Å². The number of nitriles is 2. The first-order valence-corrected chi connectivity index (χ1v) is 46.8. The predicted octanol–water partition coefficient (Wildman–Crippen LogP) is 0.942. The zero-order valence-electron chi connectivity index (χ0n) is 71.1. The minimum atomic E-state index is -1.74. The molecule has 0 aliphatic carbocycles. The van der Waals surface area contributed by atoms with E-state index in [9.17, 15) is 101 Å². The second-order valence-corrected chi connectivity index (χ2v) is 36.9. The molecule has 0 spiro atoms. The van der Waals surface area contributed by atoms with Gasteiger partial charge in [-0.05, 0) is 63.2 Å². The lowest BCUT2D eigenvalue weighted by molar-refractivity contribution is -0.399. The molecule has 8 rings (SSSR count). The molecule has 125 heavy (non-hydrogen) atoms. The number of rotatable bonds is 42. The molecule has 0 saturated carbocycles. The van der Waals surface area contributed by atoms with Crippen molar-refractivity contribution in [1.82, 2.24) is 21.3 Å². The standard InChI is InChI=1S/C38H58N2O16S2.C34H50N2O14S2.2C4H9NOS.CH4/c1-21(34(48)51-13-12-49-10-11-50-14-16-58-57-15-9-27(42)40-4)17-24(38(2,3)20-39)22-5-7-23(8-6-22)35-52-19-26-33(55-35)30(45)32(47)37(54-26)56-36-31(46)29(44)28(43)25(18-41)53-36;1-17(30(44)45-10-12-52-51-11-9-23(38)36-4)13-20(34(2,3)16-35)18-5-7-19(8-6-18)31-46-15-22-29(49-31)26(41)28(43)33(48-22)50-32-27(42)25(40)24(39)21(14-37)47-32;2*1-5-4(6)2-3-7;/h5-8,21,24-26,28-33,35-37,41,43-47H,9-19H2,1-4H3,(H,40,42);5-8,17,20-22,24-29,31-33,37,39-43H,9-15H2,1-4H3,(H,36,38);2*7H,2-3H2,1H3,(H,5,6);1H4/t21?,24?,25-,26-,28-,29+,30-,31-,32-,33-,35?,36-,37-;17?,20?,21-,22-,24-,25+,26-,27-,28-,29-,31?,32-,33-;;;/m11.../s1. The summed E-state index contributed by atoms with van der Waals surface area (Å²) in [6.45, 7) is 11.1. The van der Waals surface area contributed by atoms with Crippen molar-refractivity contribution >= 4 is 104 Å². The van der Waals surface area contributed by atoms with Crippen molar-refractivity contribution in [2.75, 3.05) is 129 Å². The number of hydrogen-bond acceptors (Lipinski definition) is 40. The molecule has 6 heterocycles. The highest BCUT2D eigenvalue weighted by Gasteiger charge is 2.55. The van der Waals surface area contributed by atoms with Gasteiger partial charge in [0.2, 0.25) is 23.6 Å². The van der Waals surface area contributed by atoms with E-state index in [0.717, 1.165) is 22.6 Å². The van der Waals surface area contributed by atoms with Crippen LogP contribution in [0.3, 0.4) is 0 Å². The number of hydrogen-bond donors (Lipinski definition) is 18. The molecule has 2 aromatic carbocycles. The van der Waals surface area contributed by atoms with Gasteiger partial charge in [-0.15, -0.1) is 0 Å². The first-order valence-electron chi connectivity index (χ1n) is 40.6. The van der Waals surface area contributed by atoms with Gasteiger partial charge in [0.05, 0.1) is 87.7 Å². The number of fused-ring (bicyclic) bond motifs is 2. The van der Waals surface area contributed by atoms with Crippen molar-refractivity contribution in [2.24, 2.45) is 22.7 Å². The molecule has 0 aromatic heterocycles. The lowest BCUT2D eigenvalue weighted by Gasteiger charge is -2.48. The highest BCUT2D eigenvalue weighted by Crippen LogP contribution is 2.45. The van der Waals surface area contributed by atoms with Crippen molar-refractivity contribution in [3.8, 4) is 12.1 Å². The Morgan fingerprint density at radius 2 is 0.768 bits per heavy atom. The maximum Gasteiger partial charge on any atom is 0.308 e. The minimum Gasteiger partial charge on any atom is -0.465 e. The molecular weight excluding hydrogens is 1760 g/mol. The van der Waals surface area contributed by atoms with Gasteiger partial charge in [0.1, 0.15) is 111 Å². The van der Waals surface area contributed by atoms with Crippen LogP contribution >= 0.6 is 68.4 Å². The maximum atomic E-state index is 12.9. The van der Waals surface area contributed by atoms with E-state index >= 15 is 0 Å². The Balaban J connectivity index is 0.000000452. The van der Waals surface area contributed by atoms with Crippen LogP contribution in [-0.4, -0.2) is 348 Å². The molecule has 6 saturated heterocycles. The van der Waals surface area contributed by atoms with E-state index in [0.29, 0.717) is 92.5 Å². The van der Waals surface area contributed by atoms with E-state index in [1.807, 2.05) is 52.0 Å². The van der Waals surface area contributed by atoms with Crippen LogP contribution in [0, 0.1) is 45.3 Å². The molecule has 2 aromatic rings. The van der Waals surface area contributed by atoms with Crippen molar-refractivity contribution in [2.45, 2.75) is 235 Å².